The maximum Gasteiger partial charge on any atom is 0.226 e. The molecule has 5 aromatic rings. The molecule has 0 fully saturated rings. The van der Waals surface area contributed by atoms with Crippen LogP contribution in [-0.2, 0) is 5.75 Å². The molecule has 0 saturated carbocycles. The van der Waals surface area contributed by atoms with Gasteiger partial charge in [-0.25, -0.2) is 4.98 Å². The number of pyridine rings is 1. The molecule has 0 spiro atoms. The molecule has 34 heavy (non-hydrogen) atoms. The topological polar surface area (TPSA) is 69.6 Å². The number of aromatic nitrogens is 5. The first-order valence-corrected chi connectivity index (χ1v) is 12.2. The fraction of sp³-hybridized carbons (Fsp3) is 0.185. The van der Waals surface area contributed by atoms with E-state index >= 15 is 0 Å². The number of hydrogen-bond acceptors (Lipinski definition) is 6. The quantitative estimate of drug-likeness (QED) is 0.248. The van der Waals surface area contributed by atoms with E-state index in [-0.39, 0.29) is 0 Å². The van der Waals surface area contributed by atoms with E-state index in [0.717, 1.165) is 39.2 Å². The van der Waals surface area contributed by atoms with Crippen molar-refractivity contribution in [2.45, 2.75) is 37.6 Å². The average molecular weight is 468 g/mol. The summed E-state index contributed by atoms with van der Waals surface area (Å²) in [6.07, 6.45) is 3.58. The molecule has 0 N–H and O–H groups in total. The van der Waals surface area contributed by atoms with Crippen molar-refractivity contribution < 1.29 is 4.42 Å². The molecule has 0 bridgehead atoms. The highest BCUT2D eigenvalue weighted by atomic mass is 32.2. The Kier molecular flexibility index (Phi) is 6.27. The summed E-state index contributed by atoms with van der Waals surface area (Å²) in [7, 11) is 0. The first-order valence-electron chi connectivity index (χ1n) is 11.2. The summed E-state index contributed by atoms with van der Waals surface area (Å²) in [5, 5.41) is 9.93. The van der Waals surface area contributed by atoms with E-state index in [4.69, 9.17) is 9.40 Å². The number of oxazole rings is 1. The van der Waals surface area contributed by atoms with E-state index < -0.39 is 0 Å². The van der Waals surface area contributed by atoms with Crippen LogP contribution in [0.15, 0.2) is 88.7 Å². The van der Waals surface area contributed by atoms with Crippen LogP contribution in [0.2, 0.25) is 0 Å². The van der Waals surface area contributed by atoms with Crippen LogP contribution in [0.4, 0.5) is 0 Å². The van der Waals surface area contributed by atoms with Crippen LogP contribution in [-0.4, -0.2) is 24.7 Å². The van der Waals surface area contributed by atoms with Crippen molar-refractivity contribution in [3.05, 3.63) is 96.1 Å². The fourth-order valence-corrected chi connectivity index (χ4v) is 4.79. The van der Waals surface area contributed by atoms with Gasteiger partial charge in [0.05, 0.1) is 11.4 Å². The normalized spacial score (nSPS) is 11.3. The Morgan fingerprint density at radius 2 is 1.68 bits per heavy atom. The van der Waals surface area contributed by atoms with Gasteiger partial charge in [-0.05, 0) is 48.7 Å². The largest absolute Gasteiger partial charge is 0.441 e. The Morgan fingerprint density at radius 1 is 0.912 bits per heavy atom. The van der Waals surface area contributed by atoms with Crippen LogP contribution in [0.25, 0.3) is 28.5 Å². The van der Waals surface area contributed by atoms with Crippen molar-refractivity contribution >= 4 is 11.8 Å². The van der Waals surface area contributed by atoms with Gasteiger partial charge in [-0.1, -0.05) is 62.0 Å². The van der Waals surface area contributed by atoms with Crippen molar-refractivity contribution in [2.24, 2.45) is 0 Å². The molecule has 0 amide bonds. The molecule has 0 unspecified atom stereocenters. The summed E-state index contributed by atoms with van der Waals surface area (Å²) in [6, 6.07) is 22.3. The summed E-state index contributed by atoms with van der Waals surface area (Å²) < 4.78 is 8.08. The highest BCUT2D eigenvalue weighted by Crippen LogP contribution is 2.34. The third kappa shape index (κ3) is 4.39. The van der Waals surface area contributed by atoms with Crippen molar-refractivity contribution in [1.82, 2.24) is 24.7 Å². The highest BCUT2D eigenvalue weighted by molar-refractivity contribution is 7.98. The van der Waals surface area contributed by atoms with Gasteiger partial charge in [0.2, 0.25) is 5.89 Å². The monoisotopic (exact) mass is 467 g/mol. The molecule has 5 rings (SSSR count). The summed E-state index contributed by atoms with van der Waals surface area (Å²) in [5.41, 5.74) is 5.10. The van der Waals surface area contributed by atoms with Gasteiger partial charge < -0.3 is 4.42 Å². The van der Waals surface area contributed by atoms with E-state index in [2.05, 4.69) is 57.9 Å². The van der Waals surface area contributed by atoms with Gasteiger partial charge in [-0.3, -0.25) is 9.55 Å². The number of nitrogens with zero attached hydrogens (tertiary/aromatic N) is 5. The third-order valence-electron chi connectivity index (χ3n) is 5.60. The van der Waals surface area contributed by atoms with Crippen LogP contribution < -0.4 is 0 Å². The Hall–Kier alpha value is -3.71. The number of hydrogen-bond donors (Lipinski definition) is 0. The zero-order valence-electron chi connectivity index (χ0n) is 19.3. The molecule has 7 heteroatoms. The molecule has 0 atom stereocenters. The maximum atomic E-state index is 5.95. The standard InChI is InChI=1S/C27H25N5OS/c1-18(2)22-13-7-8-14-24(22)32-25(21-12-9-15-28-16-21)30-31-27(32)34-17-23-19(3)33-26(29-23)20-10-5-4-6-11-20/h4-16,18H,17H2,1-3H3. The minimum atomic E-state index is 0.351. The Morgan fingerprint density at radius 3 is 2.44 bits per heavy atom. The van der Waals surface area contributed by atoms with E-state index in [0.29, 0.717) is 17.6 Å². The minimum absolute atomic E-state index is 0.351. The second-order valence-electron chi connectivity index (χ2n) is 8.27. The van der Waals surface area contributed by atoms with Crippen LogP contribution in [0.5, 0.6) is 0 Å². The second kappa shape index (κ2) is 9.65. The summed E-state index contributed by atoms with van der Waals surface area (Å²) in [5.74, 6) is 3.19. The molecule has 0 aliphatic carbocycles. The molecule has 2 aromatic carbocycles. The molecule has 6 nitrogen and oxygen atoms in total. The molecular weight excluding hydrogens is 442 g/mol. The predicted octanol–water partition coefficient (Wildman–Crippen LogP) is 6.71. The summed E-state index contributed by atoms with van der Waals surface area (Å²) >= 11 is 1.60. The first-order chi connectivity index (χ1) is 16.6. The molecule has 0 aliphatic heterocycles. The molecule has 0 aliphatic rings. The van der Waals surface area contributed by atoms with E-state index in [1.807, 2.05) is 55.6 Å². The van der Waals surface area contributed by atoms with Crippen LogP contribution in [0.3, 0.4) is 0 Å². The van der Waals surface area contributed by atoms with E-state index in [1.165, 1.54) is 5.56 Å². The lowest BCUT2D eigenvalue weighted by atomic mass is 10.0. The number of thioether (sulfide) groups is 1. The number of aryl methyl sites for hydroxylation is 1. The minimum Gasteiger partial charge on any atom is -0.441 e. The second-order valence-corrected chi connectivity index (χ2v) is 9.22. The van der Waals surface area contributed by atoms with Gasteiger partial charge in [0, 0.05) is 29.3 Å². The number of rotatable bonds is 7. The Balaban J connectivity index is 1.52. The lowest BCUT2D eigenvalue weighted by molar-refractivity contribution is 0.540. The Labute approximate surface area is 203 Å². The summed E-state index contributed by atoms with van der Waals surface area (Å²) in [6.45, 7) is 6.35. The highest BCUT2D eigenvalue weighted by Gasteiger charge is 2.21. The van der Waals surface area contributed by atoms with Crippen LogP contribution in [0, 0.1) is 6.92 Å². The average Bonchev–Trinajstić information content (AvgIpc) is 3.47. The van der Waals surface area contributed by atoms with Crippen molar-refractivity contribution in [2.75, 3.05) is 0 Å². The van der Waals surface area contributed by atoms with Crippen LogP contribution >= 0.6 is 11.8 Å². The predicted molar refractivity (Wildman–Crippen MR) is 135 cm³/mol. The van der Waals surface area contributed by atoms with E-state index in [9.17, 15) is 0 Å². The molecule has 3 heterocycles. The molecule has 0 saturated heterocycles. The van der Waals surface area contributed by atoms with Gasteiger partial charge in [-0.2, -0.15) is 0 Å². The van der Waals surface area contributed by atoms with Crippen molar-refractivity contribution in [1.29, 1.82) is 0 Å². The third-order valence-corrected chi connectivity index (χ3v) is 6.54. The molecule has 3 aromatic heterocycles. The SMILES string of the molecule is Cc1oc(-c2ccccc2)nc1CSc1nnc(-c2cccnc2)n1-c1ccccc1C(C)C. The van der Waals surface area contributed by atoms with Gasteiger partial charge in [0.15, 0.2) is 11.0 Å². The van der Waals surface area contributed by atoms with E-state index in [1.54, 1.807) is 18.0 Å². The van der Waals surface area contributed by atoms with Gasteiger partial charge >= 0.3 is 0 Å². The zero-order valence-corrected chi connectivity index (χ0v) is 20.2. The molecular formula is C27H25N5OS. The first kappa shape index (κ1) is 22.1. The molecule has 170 valence electrons. The fourth-order valence-electron chi connectivity index (χ4n) is 3.84. The number of benzene rings is 2. The van der Waals surface area contributed by atoms with Crippen LogP contribution in [0.1, 0.15) is 36.8 Å². The van der Waals surface area contributed by atoms with Gasteiger partial charge in [-0.15, -0.1) is 10.2 Å². The smallest absolute Gasteiger partial charge is 0.226 e. The Bertz CT molecular complexity index is 1390. The van der Waals surface area contributed by atoms with Gasteiger partial charge in [0.25, 0.3) is 0 Å². The number of para-hydroxylation sites is 1. The van der Waals surface area contributed by atoms with Gasteiger partial charge in [0.1, 0.15) is 5.76 Å². The lowest BCUT2D eigenvalue weighted by Gasteiger charge is -2.16. The van der Waals surface area contributed by atoms with Crippen molar-refractivity contribution in [3.8, 4) is 28.5 Å². The summed E-state index contributed by atoms with van der Waals surface area (Å²) in [4.78, 5) is 9.04. The van der Waals surface area contributed by atoms with Crippen molar-refractivity contribution in [3.63, 3.8) is 0 Å². The zero-order chi connectivity index (χ0) is 23.5. The lowest BCUT2D eigenvalue weighted by Crippen LogP contribution is -2.05. The molecule has 0 radical (unpaired) electrons. The maximum absolute atomic E-state index is 5.95.